The number of hydrogen-bond acceptors (Lipinski definition) is 5. The third-order valence-electron chi connectivity index (χ3n) is 4.67. The predicted octanol–water partition coefficient (Wildman–Crippen LogP) is 3.04. The molecule has 1 aliphatic heterocycles. The second kappa shape index (κ2) is 8.23. The summed E-state index contributed by atoms with van der Waals surface area (Å²) in [5, 5.41) is 0. The van der Waals surface area contributed by atoms with Crippen molar-refractivity contribution in [3.63, 3.8) is 0 Å². The molecule has 1 fully saturated rings. The molecule has 0 saturated carbocycles. The monoisotopic (exact) mass is 349 g/mol. The highest BCUT2D eigenvalue weighted by Crippen LogP contribution is 2.25. The molecular formula is C19H27NO5. The van der Waals surface area contributed by atoms with Crippen LogP contribution < -0.4 is 9.47 Å². The Morgan fingerprint density at radius 3 is 2.04 bits per heavy atom. The average Bonchev–Trinajstić information content (AvgIpc) is 2.60. The summed E-state index contributed by atoms with van der Waals surface area (Å²) in [6, 6.07) is 5.12. The molecule has 1 aromatic carbocycles. The van der Waals surface area contributed by atoms with Crippen molar-refractivity contribution in [2.45, 2.75) is 58.2 Å². The smallest absolute Gasteiger partial charge is 0.339 e. The Bertz CT molecular complexity index is 598. The second-order valence-electron chi connectivity index (χ2n) is 6.52. The van der Waals surface area contributed by atoms with Crippen molar-refractivity contribution in [3.05, 3.63) is 23.8 Å². The molecule has 0 spiro atoms. The molecule has 6 heteroatoms. The summed E-state index contributed by atoms with van der Waals surface area (Å²) in [5.41, 5.74) is 0.288. The molecule has 2 rings (SSSR count). The molecule has 0 N–H and O–H groups in total. The summed E-state index contributed by atoms with van der Waals surface area (Å²) in [6.45, 7) is 5.69. The third-order valence-corrected chi connectivity index (χ3v) is 4.67. The van der Waals surface area contributed by atoms with Gasteiger partial charge in [0.15, 0.2) is 6.10 Å². The van der Waals surface area contributed by atoms with Gasteiger partial charge < -0.3 is 19.1 Å². The van der Waals surface area contributed by atoms with Crippen LogP contribution in [0.15, 0.2) is 18.2 Å². The van der Waals surface area contributed by atoms with Gasteiger partial charge in [-0.15, -0.1) is 0 Å². The van der Waals surface area contributed by atoms with E-state index in [0.29, 0.717) is 11.5 Å². The van der Waals surface area contributed by atoms with Crippen molar-refractivity contribution >= 4 is 11.9 Å². The van der Waals surface area contributed by atoms with Gasteiger partial charge in [-0.3, -0.25) is 4.79 Å². The number of likely N-dealkylation sites (tertiary alicyclic amines) is 1. The lowest BCUT2D eigenvalue weighted by Gasteiger charge is -2.40. The summed E-state index contributed by atoms with van der Waals surface area (Å²) in [5.74, 6) is 0.255. The SMILES string of the molecule is COc1cc(OC)cc(C(=O)O[C@H](C)C(=O)N2[C@H](C)CCC[C@H]2C)c1. The van der Waals surface area contributed by atoms with Crippen LogP contribution in [0.4, 0.5) is 0 Å². The number of esters is 1. The Balaban J connectivity index is 2.10. The maximum atomic E-state index is 12.7. The molecule has 0 bridgehead atoms. The third kappa shape index (κ3) is 4.44. The lowest BCUT2D eigenvalue weighted by atomic mass is 9.97. The van der Waals surface area contributed by atoms with Crippen molar-refractivity contribution in [1.29, 1.82) is 0 Å². The number of amides is 1. The first-order valence-corrected chi connectivity index (χ1v) is 8.63. The van der Waals surface area contributed by atoms with Crippen LogP contribution >= 0.6 is 0 Å². The van der Waals surface area contributed by atoms with E-state index in [1.54, 1.807) is 25.1 Å². The van der Waals surface area contributed by atoms with E-state index in [0.717, 1.165) is 19.3 Å². The zero-order chi connectivity index (χ0) is 18.6. The number of methoxy groups -OCH3 is 2. The molecule has 3 atom stereocenters. The Labute approximate surface area is 149 Å². The normalized spacial score (nSPS) is 21.4. The Morgan fingerprint density at radius 2 is 1.56 bits per heavy atom. The highest BCUT2D eigenvalue weighted by molar-refractivity contribution is 5.93. The van der Waals surface area contributed by atoms with Gasteiger partial charge in [0.25, 0.3) is 5.91 Å². The summed E-state index contributed by atoms with van der Waals surface area (Å²) in [6.07, 6.45) is 2.23. The van der Waals surface area contributed by atoms with Gasteiger partial charge >= 0.3 is 5.97 Å². The molecule has 0 radical (unpaired) electrons. The van der Waals surface area contributed by atoms with Crippen molar-refractivity contribution < 1.29 is 23.8 Å². The fourth-order valence-electron chi connectivity index (χ4n) is 3.27. The van der Waals surface area contributed by atoms with E-state index in [1.807, 2.05) is 18.7 Å². The second-order valence-corrected chi connectivity index (χ2v) is 6.52. The number of piperidine rings is 1. The van der Waals surface area contributed by atoms with Crippen molar-refractivity contribution in [3.8, 4) is 11.5 Å². The number of rotatable bonds is 5. The predicted molar refractivity (Wildman–Crippen MR) is 94.0 cm³/mol. The Morgan fingerprint density at radius 1 is 1.04 bits per heavy atom. The first-order valence-electron chi connectivity index (χ1n) is 8.63. The topological polar surface area (TPSA) is 65.1 Å². The number of ether oxygens (including phenoxy) is 3. The number of benzene rings is 1. The van der Waals surface area contributed by atoms with Crippen LogP contribution in [-0.4, -0.2) is 49.2 Å². The van der Waals surface area contributed by atoms with Crippen LogP contribution in [0.1, 0.15) is 50.4 Å². The molecule has 0 aromatic heterocycles. The highest BCUT2D eigenvalue weighted by Gasteiger charge is 2.33. The van der Waals surface area contributed by atoms with E-state index in [-0.39, 0.29) is 23.6 Å². The molecule has 1 aromatic rings. The summed E-state index contributed by atoms with van der Waals surface area (Å²) >= 11 is 0. The van der Waals surface area contributed by atoms with E-state index in [1.165, 1.54) is 14.2 Å². The highest BCUT2D eigenvalue weighted by atomic mass is 16.5. The molecule has 6 nitrogen and oxygen atoms in total. The minimum Gasteiger partial charge on any atom is -0.497 e. The first kappa shape index (κ1) is 19.1. The van der Waals surface area contributed by atoms with Crippen LogP contribution in [0.5, 0.6) is 11.5 Å². The van der Waals surface area contributed by atoms with Gasteiger partial charge in [0.2, 0.25) is 0 Å². The van der Waals surface area contributed by atoms with E-state index in [9.17, 15) is 9.59 Å². The molecule has 138 valence electrons. The van der Waals surface area contributed by atoms with Crippen molar-refractivity contribution in [2.24, 2.45) is 0 Å². The van der Waals surface area contributed by atoms with Gasteiger partial charge in [-0.2, -0.15) is 0 Å². The molecular weight excluding hydrogens is 322 g/mol. The van der Waals surface area contributed by atoms with Crippen LogP contribution in [0.3, 0.4) is 0 Å². The van der Waals surface area contributed by atoms with Crippen molar-refractivity contribution in [1.82, 2.24) is 4.90 Å². The minimum absolute atomic E-state index is 0.150. The summed E-state index contributed by atoms with van der Waals surface area (Å²) < 4.78 is 15.7. The maximum absolute atomic E-state index is 12.7. The van der Waals surface area contributed by atoms with E-state index >= 15 is 0 Å². The zero-order valence-corrected chi connectivity index (χ0v) is 15.6. The van der Waals surface area contributed by atoms with Gasteiger partial charge in [-0.1, -0.05) is 0 Å². The molecule has 0 unspecified atom stereocenters. The number of hydrogen-bond donors (Lipinski definition) is 0. The molecule has 25 heavy (non-hydrogen) atoms. The summed E-state index contributed by atoms with van der Waals surface area (Å²) in [4.78, 5) is 27.0. The average molecular weight is 349 g/mol. The molecule has 1 heterocycles. The standard InChI is InChI=1S/C19H27NO5/c1-12-7-6-8-13(2)20(12)18(21)14(3)25-19(22)15-9-16(23-4)11-17(10-15)24-5/h9-14H,6-8H2,1-5H3/t12-,13-,14-/m1/s1. The summed E-state index contributed by atoms with van der Waals surface area (Å²) in [7, 11) is 3.02. The lowest BCUT2D eigenvalue weighted by molar-refractivity contribution is -0.146. The van der Waals surface area contributed by atoms with E-state index < -0.39 is 12.1 Å². The number of carbonyl (C=O) groups excluding carboxylic acids is 2. The Kier molecular flexibility index (Phi) is 6.28. The van der Waals surface area contributed by atoms with Gasteiger partial charge in [0.1, 0.15) is 11.5 Å². The largest absolute Gasteiger partial charge is 0.497 e. The fraction of sp³-hybridized carbons (Fsp3) is 0.579. The van der Waals surface area contributed by atoms with E-state index in [2.05, 4.69) is 0 Å². The quantitative estimate of drug-likeness (QED) is 0.765. The molecule has 1 saturated heterocycles. The van der Waals surface area contributed by atoms with E-state index in [4.69, 9.17) is 14.2 Å². The van der Waals surface area contributed by atoms with Crippen LogP contribution in [0.25, 0.3) is 0 Å². The number of nitrogens with zero attached hydrogens (tertiary/aromatic N) is 1. The zero-order valence-electron chi connectivity index (χ0n) is 15.6. The van der Waals surface area contributed by atoms with Crippen LogP contribution in [-0.2, 0) is 9.53 Å². The Hall–Kier alpha value is -2.24. The van der Waals surface area contributed by atoms with Crippen LogP contribution in [0, 0.1) is 0 Å². The van der Waals surface area contributed by atoms with Gasteiger partial charge in [-0.25, -0.2) is 4.79 Å². The molecule has 1 aliphatic rings. The first-order chi connectivity index (χ1) is 11.9. The number of carbonyl (C=O) groups is 2. The van der Waals surface area contributed by atoms with Gasteiger partial charge in [0.05, 0.1) is 19.8 Å². The molecule has 1 amide bonds. The van der Waals surface area contributed by atoms with Gasteiger partial charge in [-0.05, 0) is 52.2 Å². The van der Waals surface area contributed by atoms with Crippen molar-refractivity contribution in [2.75, 3.05) is 14.2 Å². The maximum Gasteiger partial charge on any atom is 0.339 e. The fourth-order valence-corrected chi connectivity index (χ4v) is 3.27. The lowest BCUT2D eigenvalue weighted by Crippen LogP contribution is -2.51. The van der Waals surface area contributed by atoms with Gasteiger partial charge in [0, 0.05) is 18.2 Å². The molecule has 0 aliphatic carbocycles. The minimum atomic E-state index is -0.840. The van der Waals surface area contributed by atoms with Crippen LogP contribution in [0.2, 0.25) is 0 Å².